The van der Waals surface area contributed by atoms with E-state index in [4.69, 9.17) is 25.8 Å². The minimum Gasteiger partial charge on any atom is -0.486 e. The SMILES string of the molecule is Cc1c(C2CNCCO2)cc2c(c1Cl)OCCO2. The molecule has 1 unspecified atom stereocenters. The van der Waals surface area contributed by atoms with Gasteiger partial charge in [0.05, 0.1) is 17.7 Å². The molecule has 1 aromatic rings. The summed E-state index contributed by atoms with van der Waals surface area (Å²) in [6.45, 7) is 5.53. The van der Waals surface area contributed by atoms with Crippen LogP contribution in [0.1, 0.15) is 17.2 Å². The minimum atomic E-state index is 0.0343. The third-order valence-electron chi connectivity index (χ3n) is 3.33. The van der Waals surface area contributed by atoms with Crippen LogP contribution >= 0.6 is 11.6 Å². The second kappa shape index (κ2) is 4.96. The molecule has 18 heavy (non-hydrogen) atoms. The predicted octanol–water partition coefficient (Wildman–Crippen LogP) is 2.08. The van der Waals surface area contributed by atoms with E-state index in [1.165, 1.54) is 0 Å². The molecule has 1 N–H and O–H groups in total. The average molecular weight is 270 g/mol. The smallest absolute Gasteiger partial charge is 0.180 e. The van der Waals surface area contributed by atoms with Gasteiger partial charge in [0, 0.05) is 13.1 Å². The predicted molar refractivity (Wildman–Crippen MR) is 68.7 cm³/mol. The van der Waals surface area contributed by atoms with Crippen molar-refractivity contribution in [2.75, 3.05) is 32.9 Å². The molecule has 0 bridgehead atoms. The topological polar surface area (TPSA) is 39.7 Å². The molecule has 0 radical (unpaired) electrons. The van der Waals surface area contributed by atoms with E-state index in [1.54, 1.807) is 0 Å². The van der Waals surface area contributed by atoms with Crippen LogP contribution in [0.4, 0.5) is 0 Å². The van der Waals surface area contributed by atoms with Crippen LogP contribution in [0.25, 0.3) is 0 Å². The molecule has 1 atom stereocenters. The zero-order valence-electron chi connectivity index (χ0n) is 10.3. The third-order valence-corrected chi connectivity index (χ3v) is 3.79. The summed E-state index contributed by atoms with van der Waals surface area (Å²) in [5.74, 6) is 1.38. The molecule has 0 aromatic heterocycles. The van der Waals surface area contributed by atoms with E-state index in [0.29, 0.717) is 24.0 Å². The van der Waals surface area contributed by atoms with Crippen LogP contribution in [-0.4, -0.2) is 32.9 Å². The van der Waals surface area contributed by atoms with Gasteiger partial charge in [0.1, 0.15) is 13.2 Å². The van der Waals surface area contributed by atoms with Crippen molar-refractivity contribution in [1.29, 1.82) is 0 Å². The number of hydrogen-bond acceptors (Lipinski definition) is 4. The highest BCUT2D eigenvalue weighted by atomic mass is 35.5. The van der Waals surface area contributed by atoms with Gasteiger partial charge in [0.2, 0.25) is 0 Å². The summed E-state index contributed by atoms with van der Waals surface area (Å²) in [7, 11) is 0. The summed E-state index contributed by atoms with van der Waals surface area (Å²) in [6, 6.07) is 1.99. The van der Waals surface area contributed by atoms with Gasteiger partial charge < -0.3 is 19.5 Å². The molecule has 0 aliphatic carbocycles. The summed E-state index contributed by atoms with van der Waals surface area (Å²) < 4.78 is 16.9. The Labute approximate surface area is 111 Å². The molecule has 0 amide bonds. The molecular formula is C13H16ClNO3. The fraction of sp³-hybridized carbons (Fsp3) is 0.538. The minimum absolute atomic E-state index is 0.0343. The number of morpholine rings is 1. The summed E-state index contributed by atoms with van der Waals surface area (Å²) in [6.07, 6.45) is 0.0343. The van der Waals surface area contributed by atoms with Crippen molar-refractivity contribution in [2.24, 2.45) is 0 Å². The summed E-state index contributed by atoms with van der Waals surface area (Å²) in [5.41, 5.74) is 2.09. The first-order valence-corrected chi connectivity index (χ1v) is 6.56. The van der Waals surface area contributed by atoms with Gasteiger partial charge in [-0.05, 0) is 24.1 Å². The number of halogens is 1. The number of rotatable bonds is 1. The second-order valence-corrected chi connectivity index (χ2v) is 4.87. The first-order chi connectivity index (χ1) is 8.77. The maximum atomic E-state index is 6.35. The lowest BCUT2D eigenvalue weighted by molar-refractivity contribution is 0.0270. The molecular weight excluding hydrogens is 254 g/mol. The zero-order chi connectivity index (χ0) is 12.5. The average Bonchev–Trinajstić information content (AvgIpc) is 2.44. The van der Waals surface area contributed by atoms with Crippen LogP contribution in [0.3, 0.4) is 0 Å². The molecule has 0 spiro atoms. The molecule has 1 saturated heterocycles. The quantitative estimate of drug-likeness (QED) is 0.847. The highest BCUT2D eigenvalue weighted by Crippen LogP contribution is 2.43. The van der Waals surface area contributed by atoms with Gasteiger partial charge in [0.15, 0.2) is 11.5 Å². The van der Waals surface area contributed by atoms with E-state index in [1.807, 2.05) is 13.0 Å². The molecule has 0 saturated carbocycles. The van der Waals surface area contributed by atoms with Gasteiger partial charge in [0.25, 0.3) is 0 Å². The van der Waals surface area contributed by atoms with Crippen LogP contribution < -0.4 is 14.8 Å². The molecule has 2 heterocycles. The van der Waals surface area contributed by atoms with Crippen molar-refractivity contribution in [2.45, 2.75) is 13.0 Å². The van der Waals surface area contributed by atoms with Crippen molar-refractivity contribution in [3.8, 4) is 11.5 Å². The molecule has 5 heteroatoms. The molecule has 4 nitrogen and oxygen atoms in total. The zero-order valence-corrected chi connectivity index (χ0v) is 11.0. The van der Waals surface area contributed by atoms with E-state index in [-0.39, 0.29) is 6.10 Å². The normalized spacial score (nSPS) is 22.9. The lowest BCUT2D eigenvalue weighted by atomic mass is 10.0. The van der Waals surface area contributed by atoms with Gasteiger partial charge in [-0.15, -0.1) is 0 Å². The summed E-state index contributed by atoms with van der Waals surface area (Å²) >= 11 is 6.35. The maximum Gasteiger partial charge on any atom is 0.180 e. The van der Waals surface area contributed by atoms with E-state index >= 15 is 0 Å². The van der Waals surface area contributed by atoms with Gasteiger partial charge in [-0.25, -0.2) is 0 Å². The Hall–Kier alpha value is -0.970. The van der Waals surface area contributed by atoms with Crippen LogP contribution in [0.5, 0.6) is 11.5 Å². The molecule has 1 aromatic carbocycles. The molecule has 3 rings (SSSR count). The molecule has 1 fully saturated rings. The Balaban J connectivity index is 2.01. The fourth-order valence-electron chi connectivity index (χ4n) is 2.36. The van der Waals surface area contributed by atoms with Crippen molar-refractivity contribution in [3.63, 3.8) is 0 Å². The largest absolute Gasteiger partial charge is 0.486 e. The van der Waals surface area contributed by atoms with E-state index < -0.39 is 0 Å². The van der Waals surface area contributed by atoms with E-state index in [0.717, 1.165) is 36.6 Å². The lowest BCUT2D eigenvalue weighted by Gasteiger charge is -2.28. The van der Waals surface area contributed by atoms with Crippen molar-refractivity contribution in [3.05, 3.63) is 22.2 Å². The van der Waals surface area contributed by atoms with Crippen LogP contribution in [0, 0.1) is 6.92 Å². The van der Waals surface area contributed by atoms with Crippen molar-refractivity contribution < 1.29 is 14.2 Å². The number of benzene rings is 1. The number of nitrogens with one attached hydrogen (secondary N) is 1. The van der Waals surface area contributed by atoms with Gasteiger partial charge in [-0.1, -0.05) is 11.6 Å². The highest BCUT2D eigenvalue weighted by molar-refractivity contribution is 6.33. The molecule has 2 aliphatic rings. The molecule has 98 valence electrons. The Morgan fingerprint density at radius 1 is 1.28 bits per heavy atom. The number of fused-ring (bicyclic) bond motifs is 1. The van der Waals surface area contributed by atoms with E-state index in [2.05, 4.69) is 5.32 Å². The summed E-state index contributed by atoms with van der Waals surface area (Å²) in [5, 5.41) is 3.96. The molecule has 2 aliphatic heterocycles. The number of hydrogen-bond donors (Lipinski definition) is 1. The van der Waals surface area contributed by atoms with Crippen molar-refractivity contribution in [1.82, 2.24) is 5.32 Å². The lowest BCUT2D eigenvalue weighted by Crippen LogP contribution is -2.33. The monoisotopic (exact) mass is 269 g/mol. The first kappa shape index (κ1) is 12.1. The number of ether oxygens (including phenoxy) is 3. The summed E-state index contributed by atoms with van der Waals surface area (Å²) in [4.78, 5) is 0. The highest BCUT2D eigenvalue weighted by Gasteiger charge is 2.25. The Bertz CT molecular complexity index is 458. The first-order valence-electron chi connectivity index (χ1n) is 6.18. The fourth-order valence-corrected chi connectivity index (χ4v) is 2.61. The van der Waals surface area contributed by atoms with Gasteiger partial charge in [-0.2, -0.15) is 0 Å². The van der Waals surface area contributed by atoms with Crippen LogP contribution in [0.15, 0.2) is 6.07 Å². The Kier molecular flexibility index (Phi) is 3.33. The third kappa shape index (κ3) is 2.05. The van der Waals surface area contributed by atoms with Crippen LogP contribution in [-0.2, 0) is 4.74 Å². The van der Waals surface area contributed by atoms with E-state index in [9.17, 15) is 0 Å². The second-order valence-electron chi connectivity index (χ2n) is 4.49. The maximum absolute atomic E-state index is 6.35. The van der Waals surface area contributed by atoms with Crippen molar-refractivity contribution >= 4 is 11.6 Å². The van der Waals surface area contributed by atoms with Gasteiger partial charge in [-0.3, -0.25) is 0 Å². The Morgan fingerprint density at radius 3 is 2.89 bits per heavy atom. The Morgan fingerprint density at radius 2 is 2.11 bits per heavy atom. The standard InChI is InChI=1S/C13H16ClNO3/c1-8-9(11-7-15-2-3-16-11)6-10-13(12(8)14)18-5-4-17-10/h6,11,15H,2-5,7H2,1H3. The van der Waals surface area contributed by atoms with Gasteiger partial charge >= 0.3 is 0 Å². The van der Waals surface area contributed by atoms with Crippen LogP contribution in [0.2, 0.25) is 5.02 Å².